The van der Waals surface area contributed by atoms with Crippen LogP contribution in [0.15, 0.2) is 24.3 Å². The molecular weight excluding hydrogens is 310 g/mol. The van der Waals surface area contributed by atoms with E-state index in [0.717, 1.165) is 11.5 Å². The van der Waals surface area contributed by atoms with Gasteiger partial charge in [-0.1, -0.05) is 15.9 Å². The summed E-state index contributed by atoms with van der Waals surface area (Å²) in [6.07, 6.45) is -0.0897. The Morgan fingerprint density at radius 3 is 2.37 bits per heavy atom. The van der Waals surface area contributed by atoms with Crippen molar-refractivity contribution in [2.45, 2.75) is 31.7 Å². The number of halogens is 1. The molecule has 1 N–H and O–H groups in total. The molecule has 0 fully saturated rings. The first-order chi connectivity index (χ1) is 9.02. The van der Waals surface area contributed by atoms with Crippen LogP contribution in [-0.2, 0) is 4.79 Å². The Morgan fingerprint density at radius 1 is 1.26 bits per heavy atom. The number of carbonyl (C=O) groups excluding carboxylic acids is 1. The molecular formula is C14H20BrNO3. The molecule has 0 aromatic heterocycles. The predicted molar refractivity (Wildman–Crippen MR) is 79.1 cm³/mol. The molecule has 0 saturated heterocycles. The third-order valence-corrected chi connectivity index (χ3v) is 2.81. The number of ether oxygens (including phenoxy) is 2. The lowest BCUT2D eigenvalue weighted by Gasteiger charge is -2.16. The fraction of sp³-hybridized carbons (Fsp3) is 0.500. The van der Waals surface area contributed by atoms with Gasteiger partial charge in [-0.05, 0) is 45.0 Å². The van der Waals surface area contributed by atoms with Crippen LogP contribution in [0.4, 0.5) is 0 Å². The second kappa shape index (κ2) is 8.04. The third-order valence-electron chi connectivity index (χ3n) is 2.40. The van der Waals surface area contributed by atoms with Crippen molar-refractivity contribution in [2.75, 3.05) is 13.2 Å². The van der Waals surface area contributed by atoms with Gasteiger partial charge >= 0.3 is 0 Å². The molecule has 4 nitrogen and oxygen atoms in total. The zero-order valence-electron chi connectivity index (χ0n) is 11.5. The van der Waals surface area contributed by atoms with Gasteiger partial charge in [0.2, 0.25) is 5.91 Å². The minimum atomic E-state index is -0.190. The lowest BCUT2D eigenvalue weighted by Crippen LogP contribution is -2.36. The van der Waals surface area contributed by atoms with Gasteiger partial charge in [0.1, 0.15) is 17.6 Å². The summed E-state index contributed by atoms with van der Waals surface area (Å²) in [7, 11) is 0. The van der Waals surface area contributed by atoms with Crippen molar-refractivity contribution < 1.29 is 14.3 Å². The number of hydrogen-bond donors (Lipinski definition) is 1. The summed E-state index contributed by atoms with van der Waals surface area (Å²) in [6.45, 7) is 6.76. The van der Waals surface area contributed by atoms with Gasteiger partial charge in [0.05, 0.1) is 18.0 Å². The van der Waals surface area contributed by atoms with E-state index in [1.807, 2.05) is 38.1 Å². The Morgan fingerprint density at radius 2 is 1.84 bits per heavy atom. The maximum atomic E-state index is 11.4. The zero-order valence-corrected chi connectivity index (χ0v) is 13.1. The van der Waals surface area contributed by atoms with Gasteiger partial charge in [0.25, 0.3) is 0 Å². The van der Waals surface area contributed by atoms with E-state index >= 15 is 0 Å². The Labute approximate surface area is 122 Å². The Hall–Kier alpha value is -1.23. The van der Waals surface area contributed by atoms with Crippen molar-refractivity contribution in [3.8, 4) is 11.5 Å². The maximum absolute atomic E-state index is 11.4. The van der Waals surface area contributed by atoms with Gasteiger partial charge in [0.15, 0.2) is 0 Å². The Kier molecular flexibility index (Phi) is 6.70. The SMILES string of the molecule is CCOc1ccc(OC(C)CNC(=O)C(C)Br)cc1. The number of carbonyl (C=O) groups is 1. The molecule has 2 unspecified atom stereocenters. The second-order valence-corrected chi connectivity index (χ2v) is 5.57. The first kappa shape index (κ1) is 15.8. The van der Waals surface area contributed by atoms with E-state index < -0.39 is 0 Å². The molecule has 0 aliphatic heterocycles. The zero-order chi connectivity index (χ0) is 14.3. The number of hydrogen-bond acceptors (Lipinski definition) is 3. The smallest absolute Gasteiger partial charge is 0.233 e. The standard InChI is InChI=1S/C14H20BrNO3/c1-4-18-12-5-7-13(8-6-12)19-10(2)9-16-14(17)11(3)15/h5-8,10-11H,4,9H2,1-3H3,(H,16,17). The van der Waals surface area contributed by atoms with Crippen LogP contribution in [0.5, 0.6) is 11.5 Å². The van der Waals surface area contributed by atoms with Gasteiger partial charge in [-0.3, -0.25) is 4.79 Å². The highest BCUT2D eigenvalue weighted by molar-refractivity contribution is 9.10. The lowest BCUT2D eigenvalue weighted by molar-refractivity contribution is -0.120. The predicted octanol–water partition coefficient (Wildman–Crippen LogP) is 2.75. The summed E-state index contributed by atoms with van der Waals surface area (Å²) in [5.74, 6) is 1.54. The topological polar surface area (TPSA) is 47.6 Å². The highest BCUT2D eigenvalue weighted by Crippen LogP contribution is 2.18. The van der Waals surface area contributed by atoms with Gasteiger partial charge in [-0.15, -0.1) is 0 Å². The van der Waals surface area contributed by atoms with Gasteiger partial charge in [0, 0.05) is 0 Å². The average Bonchev–Trinajstić information content (AvgIpc) is 2.38. The van der Waals surface area contributed by atoms with E-state index in [-0.39, 0.29) is 16.8 Å². The van der Waals surface area contributed by atoms with Crippen LogP contribution in [0.2, 0.25) is 0 Å². The van der Waals surface area contributed by atoms with Crippen LogP contribution in [0.25, 0.3) is 0 Å². The molecule has 2 atom stereocenters. The van der Waals surface area contributed by atoms with Crippen molar-refractivity contribution in [3.05, 3.63) is 24.3 Å². The summed E-state index contributed by atoms with van der Waals surface area (Å²) in [6, 6.07) is 7.45. The first-order valence-electron chi connectivity index (χ1n) is 6.34. The molecule has 0 aliphatic carbocycles. The van der Waals surface area contributed by atoms with Gasteiger partial charge in [-0.25, -0.2) is 0 Å². The molecule has 0 spiro atoms. The minimum Gasteiger partial charge on any atom is -0.494 e. The molecule has 1 amide bonds. The molecule has 0 heterocycles. The molecule has 106 valence electrons. The van der Waals surface area contributed by atoms with Crippen molar-refractivity contribution in [3.63, 3.8) is 0 Å². The van der Waals surface area contributed by atoms with E-state index in [2.05, 4.69) is 21.2 Å². The summed E-state index contributed by atoms with van der Waals surface area (Å²) in [5, 5.41) is 2.80. The summed E-state index contributed by atoms with van der Waals surface area (Å²) < 4.78 is 11.0. The number of nitrogens with one attached hydrogen (secondary N) is 1. The largest absolute Gasteiger partial charge is 0.494 e. The molecule has 19 heavy (non-hydrogen) atoms. The third kappa shape index (κ3) is 5.96. The van der Waals surface area contributed by atoms with Gasteiger partial charge in [-0.2, -0.15) is 0 Å². The van der Waals surface area contributed by atoms with Gasteiger partial charge < -0.3 is 14.8 Å². The summed E-state index contributed by atoms with van der Waals surface area (Å²) in [5.41, 5.74) is 0. The minimum absolute atomic E-state index is 0.0397. The van der Waals surface area contributed by atoms with Crippen LogP contribution in [0.3, 0.4) is 0 Å². The monoisotopic (exact) mass is 329 g/mol. The van der Waals surface area contributed by atoms with Crippen LogP contribution < -0.4 is 14.8 Å². The molecule has 0 radical (unpaired) electrons. The van der Waals surface area contributed by atoms with E-state index in [1.54, 1.807) is 6.92 Å². The molecule has 1 aromatic rings. The number of rotatable bonds is 7. The lowest BCUT2D eigenvalue weighted by atomic mass is 10.3. The van der Waals surface area contributed by atoms with Crippen molar-refractivity contribution in [2.24, 2.45) is 0 Å². The molecule has 0 bridgehead atoms. The van der Waals surface area contributed by atoms with E-state index in [1.165, 1.54) is 0 Å². The highest BCUT2D eigenvalue weighted by Gasteiger charge is 2.10. The van der Waals surface area contributed by atoms with Crippen molar-refractivity contribution in [1.82, 2.24) is 5.32 Å². The van der Waals surface area contributed by atoms with Crippen molar-refractivity contribution >= 4 is 21.8 Å². The van der Waals surface area contributed by atoms with E-state index in [4.69, 9.17) is 9.47 Å². The highest BCUT2D eigenvalue weighted by atomic mass is 79.9. The van der Waals surface area contributed by atoms with Crippen LogP contribution in [0, 0.1) is 0 Å². The molecule has 0 aliphatic rings. The molecule has 5 heteroatoms. The summed E-state index contributed by atoms with van der Waals surface area (Å²) in [4.78, 5) is 11.2. The quantitative estimate of drug-likeness (QED) is 0.782. The fourth-order valence-electron chi connectivity index (χ4n) is 1.44. The van der Waals surface area contributed by atoms with Crippen LogP contribution >= 0.6 is 15.9 Å². The molecule has 0 saturated carbocycles. The van der Waals surface area contributed by atoms with E-state index in [0.29, 0.717) is 13.2 Å². The number of alkyl halides is 1. The second-order valence-electron chi connectivity index (χ2n) is 4.19. The van der Waals surface area contributed by atoms with Crippen LogP contribution in [-0.4, -0.2) is 30.0 Å². The maximum Gasteiger partial charge on any atom is 0.233 e. The summed E-state index contributed by atoms with van der Waals surface area (Å²) >= 11 is 3.21. The molecule has 1 aromatic carbocycles. The average molecular weight is 330 g/mol. The normalized spacial score (nSPS) is 13.5. The fourth-order valence-corrected chi connectivity index (χ4v) is 1.60. The Bertz CT molecular complexity index is 392. The Balaban J connectivity index is 2.39. The first-order valence-corrected chi connectivity index (χ1v) is 7.25. The van der Waals surface area contributed by atoms with E-state index in [9.17, 15) is 4.79 Å². The van der Waals surface area contributed by atoms with Crippen molar-refractivity contribution in [1.29, 1.82) is 0 Å². The number of benzene rings is 1. The number of amides is 1. The van der Waals surface area contributed by atoms with Crippen LogP contribution in [0.1, 0.15) is 20.8 Å². The molecule has 1 rings (SSSR count).